The van der Waals surface area contributed by atoms with E-state index < -0.39 is 0 Å². The van der Waals surface area contributed by atoms with Gasteiger partial charge in [0.15, 0.2) is 0 Å². The Morgan fingerprint density at radius 3 is 2.84 bits per heavy atom. The van der Waals surface area contributed by atoms with E-state index in [4.69, 9.17) is 0 Å². The molecule has 0 bridgehead atoms. The van der Waals surface area contributed by atoms with E-state index in [1.807, 2.05) is 32.4 Å². The lowest BCUT2D eigenvalue weighted by atomic mass is 9.92. The number of fused-ring (bicyclic) bond motifs is 1. The van der Waals surface area contributed by atoms with Gasteiger partial charge in [-0.1, -0.05) is 0 Å². The number of nitrogens with zero attached hydrogens (tertiary/aromatic N) is 4. The first kappa shape index (κ1) is 16.0. The summed E-state index contributed by atoms with van der Waals surface area (Å²) >= 11 is 0. The van der Waals surface area contributed by atoms with Gasteiger partial charge in [-0.05, 0) is 36.8 Å². The molecule has 1 aliphatic rings. The van der Waals surface area contributed by atoms with Crippen LogP contribution in [0.25, 0.3) is 10.9 Å². The van der Waals surface area contributed by atoms with E-state index in [0.29, 0.717) is 0 Å². The van der Waals surface area contributed by atoms with E-state index in [1.54, 1.807) is 16.8 Å². The van der Waals surface area contributed by atoms with Gasteiger partial charge in [0.25, 0.3) is 0 Å². The van der Waals surface area contributed by atoms with Crippen LogP contribution in [0.3, 0.4) is 0 Å². The Hall–Kier alpha value is -2.47. The monoisotopic (exact) mass is 340 g/mol. The third-order valence-electron chi connectivity index (χ3n) is 5.05. The van der Waals surface area contributed by atoms with Crippen molar-refractivity contribution in [2.75, 3.05) is 24.6 Å². The number of anilines is 1. The van der Waals surface area contributed by atoms with Crippen LogP contribution in [0, 0.1) is 18.7 Å². The number of halogens is 1. The minimum atomic E-state index is -0.263. The Morgan fingerprint density at radius 1 is 1.28 bits per heavy atom. The Balaban J connectivity index is 1.75. The number of aryl methyl sites for hydroxylation is 2. The molecule has 4 rings (SSSR count). The van der Waals surface area contributed by atoms with Crippen LogP contribution in [-0.4, -0.2) is 39.6 Å². The molecule has 1 N–H and O–H groups in total. The minimum absolute atomic E-state index is 0.117. The van der Waals surface area contributed by atoms with Crippen LogP contribution in [-0.2, 0) is 7.05 Å². The van der Waals surface area contributed by atoms with E-state index in [1.165, 1.54) is 6.07 Å². The number of benzene rings is 1. The summed E-state index contributed by atoms with van der Waals surface area (Å²) in [6, 6.07) is 6.71. The SMILES string of the molecule is Cc1cc(N2C[C@@H](CO)[C@H](c3cnn(C)c3)C2)c2cc(F)ccc2n1. The normalized spacial score (nSPS) is 20.6. The summed E-state index contributed by atoms with van der Waals surface area (Å²) in [5.41, 5.74) is 3.80. The van der Waals surface area contributed by atoms with Gasteiger partial charge >= 0.3 is 0 Å². The van der Waals surface area contributed by atoms with Gasteiger partial charge in [0, 0.05) is 61.5 Å². The average Bonchev–Trinajstić information content (AvgIpc) is 3.20. The molecule has 3 heterocycles. The zero-order chi connectivity index (χ0) is 17.6. The molecule has 6 heteroatoms. The van der Waals surface area contributed by atoms with Gasteiger partial charge in [-0.3, -0.25) is 9.67 Å². The third-order valence-corrected chi connectivity index (χ3v) is 5.05. The van der Waals surface area contributed by atoms with Gasteiger partial charge in [-0.15, -0.1) is 0 Å². The first-order valence-electron chi connectivity index (χ1n) is 8.46. The molecule has 1 saturated heterocycles. The minimum Gasteiger partial charge on any atom is -0.396 e. The fourth-order valence-corrected chi connectivity index (χ4v) is 3.83. The second-order valence-electron chi connectivity index (χ2n) is 6.85. The lowest BCUT2D eigenvalue weighted by Crippen LogP contribution is -2.21. The largest absolute Gasteiger partial charge is 0.396 e. The molecular weight excluding hydrogens is 319 g/mol. The summed E-state index contributed by atoms with van der Waals surface area (Å²) in [5.74, 6) is 0.0678. The van der Waals surface area contributed by atoms with Crippen molar-refractivity contribution < 1.29 is 9.50 Å². The summed E-state index contributed by atoms with van der Waals surface area (Å²) in [6.45, 7) is 3.56. The molecule has 1 fully saturated rings. The van der Waals surface area contributed by atoms with Gasteiger partial charge in [0.1, 0.15) is 5.82 Å². The number of pyridine rings is 1. The summed E-state index contributed by atoms with van der Waals surface area (Å²) in [5, 5.41) is 14.9. The number of hydrogen-bond donors (Lipinski definition) is 1. The number of aliphatic hydroxyl groups is 1. The van der Waals surface area contributed by atoms with Crippen molar-refractivity contribution in [3.05, 3.63) is 53.7 Å². The Bertz CT molecular complexity index is 923. The molecule has 0 spiro atoms. The van der Waals surface area contributed by atoms with E-state index in [2.05, 4.69) is 15.0 Å². The number of hydrogen-bond acceptors (Lipinski definition) is 4. The van der Waals surface area contributed by atoms with Crippen LogP contribution >= 0.6 is 0 Å². The standard InChI is InChI=1S/C19H21FN4O/c1-12-5-19(16-6-15(20)3-4-18(16)22-12)24-9-14(11-25)17(10-24)13-7-21-23(2)8-13/h3-8,14,17,25H,9-11H2,1-2H3/t14-,17-/m0/s1. The smallest absolute Gasteiger partial charge is 0.124 e. The van der Waals surface area contributed by atoms with E-state index >= 15 is 0 Å². The highest BCUT2D eigenvalue weighted by Gasteiger charge is 2.35. The molecule has 3 aromatic rings. The van der Waals surface area contributed by atoms with Crippen LogP contribution in [0.15, 0.2) is 36.7 Å². The summed E-state index contributed by atoms with van der Waals surface area (Å²) in [7, 11) is 1.90. The first-order chi connectivity index (χ1) is 12.0. The average molecular weight is 340 g/mol. The molecule has 25 heavy (non-hydrogen) atoms. The molecule has 0 aliphatic carbocycles. The van der Waals surface area contributed by atoms with Crippen molar-refractivity contribution in [3.63, 3.8) is 0 Å². The molecule has 0 amide bonds. The van der Waals surface area contributed by atoms with E-state index in [-0.39, 0.29) is 24.3 Å². The van der Waals surface area contributed by atoms with Gasteiger partial charge in [0.05, 0.1) is 11.7 Å². The van der Waals surface area contributed by atoms with Crippen molar-refractivity contribution in [1.29, 1.82) is 0 Å². The Labute approximate surface area is 145 Å². The molecule has 1 aliphatic heterocycles. The van der Waals surface area contributed by atoms with E-state index in [0.717, 1.165) is 40.9 Å². The Kier molecular flexibility index (Phi) is 3.92. The molecule has 1 aromatic carbocycles. The predicted octanol–water partition coefficient (Wildman–Crippen LogP) is 2.63. The molecule has 2 atom stereocenters. The molecule has 0 radical (unpaired) electrons. The highest BCUT2D eigenvalue weighted by molar-refractivity contribution is 5.92. The topological polar surface area (TPSA) is 54.2 Å². The van der Waals surface area contributed by atoms with Crippen molar-refractivity contribution in [2.24, 2.45) is 13.0 Å². The summed E-state index contributed by atoms with van der Waals surface area (Å²) < 4.78 is 15.6. The number of aromatic nitrogens is 3. The lowest BCUT2D eigenvalue weighted by Gasteiger charge is -2.21. The maximum Gasteiger partial charge on any atom is 0.124 e. The fraction of sp³-hybridized carbons (Fsp3) is 0.368. The van der Waals surface area contributed by atoms with Crippen molar-refractivity contribution >= 4 is 16.6 Å². The lowest BCUT2D eigenvalue weighted by molar-refractivity contribution is 0.227. The van der Waals surface area contributed by atoms with Crippen molar-refractivity contribution in [1.82, 2.24) is 14.8 Å². The molecule has 0 saturated carbocycles. The fourth-order valence-electron chi connectivity index (χ4n) is 3.83. The molecule has 5 nitrogen and oxygen atoms in total. The van der Waals surface area contributed by atoms with Gasteiger partial charge < -0.3 is 10.0 Å². The quantitative estimate of drug-likeness (QED) is 0.796. The third kappa shape index (κ3) is 2.87. The summed E-state index contributed by atoms with van der Waals surface area (Å²) in [6.07, 6.45) is 3.87. The molecule has 130 valence electrons. The maximum absolute atomic E-state index is 13.8. The second kappa shape index (κ2) is 6.11. The van der Waals surface area contributed by atoms with Gasteiger partial charge in [0.2, 0.25) is 0 Å². The van der Waals surface area contributed by atoms with Gasteiger partial charge in [-0.2, -0.15) is 5.10 Å². The van der Waals surface area contributed by atoms with Crippen molar-refractivity contribution in [3.8, 4) is 0 Å². The number of aliphatic hydroxyl groups excluding tert-OH is 1. The highest BCUT2D eigenvalue weighted by Crippen LogP contribution is 2.37. The zero-order valence-corrected chi connectivity index (χ0v) is 14.4. The van der Waals surface area contributed by atoms with Crippen LogP contribution in [0.2, 0.25) is 0 Å². The molecule has 2 aromatic heterocycles. The number of rotatable bonds is 3. The maximum atomic E-state index is 13.8. The van der Waals surface area contributed by atoms with Crippen LogP contribution < -0.4 is 4.90 Å². The van der Waals surface area contributed by atoms with Gasteiger partial charge in [-0.25, -0.2) is 4.39 Å². The Morgan fingerprint density at radius 2 is 2.12 bits per heavy atom. The van der Waals surface area contributed by atoms with E-state index in [9.17, 15) is 9.50 Å². The van der Waals surface area contributed by atoms with Crippen LogP contribution in [0.5, 0.6) is 0 Å². The zero-order valence-electron chi connectivity index (χ0n) is 14.4. The molecule has 0 unspecified atom stereocenters. The summed E-state index contributed by atoms with van der Waals surface area (Å²) in [4.78, 5) is 6.74. The highest BCUT2D eigenvalue weighted by atomic mass is 19.1. The predicted molar refractivity (Wildman–Crippen MR) is 95.2 cm³/mol. The second-order valence-corrected chi connectivity index (χ2v) is 6.85. The first-order valence-corrected chi connectivity index (χ1v) is 8.46. The van der Waals surface area contributed by atoms with Crippen LogP contribution in [0.1, 0.15) is 17.2 Å². The molecular formula is C19H21FN4O. The van der Waals surface area contributed by atoms with Crippen LogP contribution in [0.4, 0.5) is 10.1 Å². The van der Waals surface area contributed by atoms with Crippen molar-refractivity contribution in [2.45, 2.75) is 12.8 Å².